The molecule has 92 heavy (non-hydrogen) atoms. The van der Waals surface area contributed by atoms with Gasteiger partial charge in [-0.15, -0.1) is 0 Å². The van der Waals surface area contributed by atoms with Crippen molar-refractivity contribution in [1.82, 2.24) is 0 Å². The maximum Gasteiger partial charge on any atom is 0.472 e. The Kier molecular flexibility index (Phi) is 64.9. The first-order chi connectivity index (χ1) is 44.5. The Morgan fingerprint density at radius 3 is 0.739 bits per heavy atom. The zero-order valence-electron chi connectivity index (χ0n) is 59.7. The van der Waals surface area contributed by atoms with Gasteiger partial charge in [0, 0.05) is 25.7 Å². The highest BCUT2D eigenvalue weighted by atomic mass is 31.2. The van der Waals surface area contributed by atoms with Crippen LogP contribution in [0.3, 0.4) is 0 Å². The van der Waals surface area contributed by atoms with Gasteiger partial charge in [0.1, 0.15) is 19.3 Å². The van der Waals surface area contributed by atoms with E-state index < -0.39 is 97.5 Å². The summed E-state index contributed by atoms with van der Waals surface area (Å²) >= 11 is 0. The number of hydrogen-bond donors (Lipinski definition) is 3. The topological polar surface area (TPSA) is 237 Å². The lowest BCUT2D eigenvalue weighted by molar-refractivity contribution is -0.161. The number of rotatable bonds is 73. The minimum absolute atomic E-state index is 0.105. The number of ether oxygens (including phenoxy) is 4. The highest BCUT2D eigenvalue weighted by molar-refractivity contribution is 7.47. The van der Waals surface area contributed by atoms with Crippen LogP contribution in [0.25, 0.3) is 0 Å². The van der Waals surface area contributed by atoms with Crippen LogP contribution in [0.2, 0.25) is 0 Å². The summed E-state index contributed by atoms with van der Waals surface area (Å²) in [6, 6.07) is 0. The van der Waals surface area contributed by atoms with E-state index in [-0.39, 0.29) is 25.7 Å². The molecule has 17 nitrogen and oxygen atoms in total. The van der Waals surface area contributed by atoms with Crippen molar-refractivity contribution in [3.63, 3.8) is 0 Å². The second-order valence-corrected chi connectivity index (χ2v) is 29.7. The van der Waals surface area contributed by atoms with E-state index in [1.54, 1.807) is 0 Å². The standard InChI is InChI=1S/C73H142O17P2/c1-6-9-12-15-17-19-21-23-25-26-27-28-29-31-33-35-39-43-48-53-58-72(77)90-69(63-84-71(76)57-52-47-42-38-34-32-30-24-22-20-18-16-13-10-7-2)65-88-92(81,82)86-61-67(74)60-85-91(79,80)87-64-68(62-83-70(75)56-51-45-14-11-8-3)89-73(78)59-54-49-44-40-36-37-41-46-50-55-66(4)5/h66-69,74H,6-65H2,1-5H3,(H,79,80)(H,81,82)/t67-,68+,69+/m0/s1. The van der Waals surface area contributed by atoms with Crippen LogP contribution in [0.1, 0.15) is 381 Å². The van der Waals surface area contributed by atoms with Crippen LogP contribution in [0.4, 0.5) is 0 Å². The molecule has 0 aromatic heterocycles. The zero-order valence-corrected chi connectivity index (χ0v) is 61.5. The molecule has 5 atom stereocenters. The van der Waals surface area contributed by atoms with Crippen molar-refractivity contribution < 1.29 is 80.2 Å². The van der Waals surface area contributed by atoms with Gasteiger partial charge in [0.2, 0.25) is 0 Å². The molecule has 546 valence electrons. The second-order valence-electron chi connectivity index (χ2n) is 26.8. The average molecular weight is 1350 g/mol. The summed E-state index contributed by atoms with van der Waals surface area (Å²) in [5, 5.41) is 10.6. The Balaban J connectivity index is 5.13. The molecular formula is C73H142O17P2. The Morgan fingerprint density at radius 1 is 0.293 bits per heavy atom. The highest BCUT2D eigenvalue weighted by Crippen LogP contribution is 2.45. The molecule has 0 aliphatic rings. The first kappa shape index (κ1) is 90.1. The number of phosphoric acid groups is 2. The lowest BCUT2D eigenvalue weighted by Crippen LogP contribution is -2.30. The number of carbonyl (C=O) groups excluding carboxylic acids is 4. The Hall–Kier alpha value is -1.94. The van der Waals surface area contributed by atoms with Crippen molar-refractivity contribution in [2.45, 2.75) is 400 Å². The molecule has 0 bridgehead atoms. The predicted molar refractivity (Wildman–Crippen MR) is 372 cm³/mol. The third-order valence-corrected chi connectivity index (χ3v) is 18.9. The third-order valence-electron chi connectivity index (χ3n) is 17.0. The van der Waals surface area contributed by atoms with Gasteiger partial charge in [-0.05, 0) is 31.6 Å². The number of carbonyl (C=O) groups is 4. The van der Waals surface area contributed by atoms with E-state index in [2.05, 4.69) is 34.6 Å². The molecule has 0 aliphatic carbocycles. The highest BCUT2D eigenvalue weighted by Gasteiger charge is 2.30. The minimum atomic E-state index is -4.95. The summed E-state index contributed by atoms with van der Waals surface area (Å²) in [5.41, 5.74) is 0. The van der Waals surface area contributed by atoms with Crippen LogP contribution in [0, 0.1) is 5.92 Å². The fourth-order valence-corrected chi connectivity index (χ4v) is 12.8. The van der Waals surface area contributed by atoms with Gasteiger partial charge in [0.25, 0.3) is 0 Å². The molecule has 0 aromatic rings. The molecule has 0 heterocycles. The van der Waals surface area contributed by atoms with Gasteiger partial charge >= 0.3 is 39.5 Å². The van der Waals surface area contributed by atoms with E-state index in [1.165, 1.54) is 199 Å². The van der Waals surface area contributed by atoms with Crippen LogP contribution in [0.5, 0.6) is 0 Å². The molecule has 0 aliphatic heterocycles. The number of aliphatic hydroxyl groups is 1. The van der Waals surface area contributed by atoms with Crippen molar-refractivity contribution in [2.24, 2.45) is 5.92 Å². The molecule has 19 heteroatoms. The van der Waals surface area contributed by atoms with Crippen molar-refractivity contribution in [1.29, 1.82) is 0 Å². The van der Waals surface area contributed by atoms with Gasteiger partial charge in [-0.25, -0.2) is 9.13 Å². The first-order valence-electron chi connectivity index (χ1n) is 38.1. The number of unbranched alkanes of at least 4 members (excludes halogenated alkanes) is 45. The normalized spacial score (nSPS) is 14.0. The van der Waals surface area contributed by atoms with Crippen LogP contribution >= 0.6 is 15.6 Å². The molecule has 3 N–H and O–H groups in total. The number of hydrogen-bond acceptors (Lipinski definition) is 15. The van der Waals surface area contributed by atoms with Crippen LogP contribution in [0.15, 0.2) is 0 Å². The molecule has 0 rings (SSSR count). The molecule has 0 saturated carbocycles. The van der Waals surface area contributed by atoms with Crippen molar-refractivity contribution in [2.75, 3.05) is 39.6 Å². The summed E-state index contributed by atoms with van der Waals surface area (Å²) in [6.07, 6.45) is 54.6. The van der Waals surface area contributed by atoms with Gasteiger partial charge in [-0.2, -0.15) is 0 Å². The smallest absolute Gasteiger partial charge is 0.462 e. The van der Waals surface area contributed by atoms with Crippen molar-refractivity contribution in [3.05, 3.63) is 0 Å². The van der Waals surface area contributed by atoms with Gasteiger partial charge in [-0.3, -0.25) is 37.3 Å². The number of phosphoric ester groups is 2. The summed E-state index contributed by atoms with van der Waals surface area (Å²) in [6.45, 7) is 7.16. The Labute approximate surface area is 562 Å². The Bertz CT molecular complexity index is 1770. The molecule has 2 unspecified atom stereocenters. The number of aliphatic hydroxyl groups excluding tert-OH is 1. The molecule has 0 radical (unpaired) electrons. The van der Waals surface area contributed by atoms with E-state index in [1.807, 2.05) is 0 Å². The van der Waals surface area contributed by atoms with Crippen LogP contribution in [-0.2, 0) is 65.4 Å². The first-order valence-corrected chi connectivity index (χ1v) is 41.1. The summed E-state index contributed by atoms with van der Waals surface area (Å²) in [4.78, 5) is 72.4. The van der Waals surface area contributed by atoms with Gasteiger partial charge in [-0.1, -0.05) is 330 Å². The lowest BCUT2D eigenvalue weighted by atomic mass is 10.0. The van der Waals surface area contributed by atoms with Gasteiger partial charge in [0.15, 0.2) is 12.2 Å². The monoisotopic (exact) mass is 1350 g/mol. The zero-order chi connectivity index (χ0) is 67.7. The molecule has 0 fully saturated rings. The Morgan fingerprint density at radius 2 is 0.500 bits per heavy atom. The molecule has 0 aromatic carbocycles. The van der Waals surface area contributed by atoms with Crippen LogP contribution < -0.4 is 0 Å². The van der Waals surface area contributed by atoms with E-state index in [0.717, 1.165) is 102 Å². The van der Waals surface area contributed by atoms with Gasteiger partial charge < -0.3 is 33.8 Å². The molecule has 0 spiro atoms. The van der Waals surface area contributed by atoms with E-state index in [0.29, 0.717) is 25.7 Å². The average Bonchev–Trinajstić information content (AvgIpc) is 2.11. The maximum absolute atomic E-state index is 13.1. The maximum atomic E-state index is 13.1. The summed E-state index contributed by atoms with van der Waals surface area (Å²) < 4.78 is 68.2. The minimum Gasteiger partial charge on any atom is -0.462 e. The lowest BCUT2D eigenvalue weighted by Gasteiger charge is -2.21. The molecule has 0 saturated heterocycles. The third kappa shape index (κ3) is 66.7. The van der Waals surface area contributed by atoms with Crippen molar-refractivity contribution >= 4 is 39.5 Å². The summed E-state index contributed by atoms with van der Waals surface area (Å²) in [5.74, 6) is -1.39. The fourth-order valence-electron chi connectivity index (χ4n) is 11.2. The van der Waals surface area contributed by atoms with Crippen molar-refractivity contribution in [3.8, 4) is 0 Å². The quantitative estimate of drug-likeness (QED) is 0.0222. The predicted octanol–water partition coefficient (Wildman–Crippen LogP) is 21.3. The SMILES string of the molecule is CCCCCCCCCCCCCCCCCCCCCCC(=O)O[C@H](COC(=O)CCCCCCCCCCCCCCCCC)COP(=O)(O)OC[C@@H](O)COP(=O)(O)OC[C@@H](COC(=O)CCCCCCC)OC(=O)CCCCCCCCCCCC(C)C. The second kappa shape index (κ2) is 66.3. The van der Waals surface area contributed by atoms with E-state index in [9.17, 15) is 43.2 Å². The van der Waals surface area contributed by atoms with E-state index in [4.69, 9.17) is 37.0 Å². The van der Waals surface area contributed by atoms with Gasteiger partial charge in [0.05, 0.1) is 26.4 Å². The molecule has 0 amide bonds. The largest absolute Gasteiger partial charge is 0.472 e. The fraction of sp³-hybridized carbons (Fsp3) is 0.945. The molecular weight excluding hydrogens is 1210 g/mol. The number of esters is 4. The van der Waals surface area contributed by atoms with Crippen LogP contribution in [-0.4, -0.2) is 96.7 Å². The summed E-state index contributed by atoms with van der Waals surface area (Å²) in [7, 11) is -9.89. The van der Waals surface area contributed by atoms with E-state index >= 15 is 0 Å².